The summed E-state index contributed by atoms with van der Waals surface area (Å²) in [4.78, 5) is 52.1. The number of aliphatic carboxylic acids is 1. The maximum atomic E-state index is 13.0. The monoisotopic (exact) mass is 610 g/mol. The first-order chi connectivity index (χ1) is 19.2. The van der Waals surface area contributed by atoms with Gasteiger partial charge in [0, 0.05) is 30.0 Å². The standard InChI is InChI=1S/C20H26N12O5S3/c1-37-28-11(10-8-39-19(23)25-10)14(33)26-12-15(34)32-13(17(35)36)9(6-38-16(12)32)7-40-20-27-29-30-31(20)5-3-2-4-24-18(21)22/h8,12,16H,2-7H2,1H3,(H2,23,25)(H,26,33)(H,35,36)(H4,21,22,24)/t12-,16+/m1/s1. The van der Waals surface area contributed by atoms with Crippen molar-refractivity contribution in [2.75, 3.05) is 30.9 Å². The number of tetrazole rings is 1. The lowest BCUT2D eigenvalue weighted by Gasteiger charge is -2.49. The number of aliphatic imine (C=N–C) groups is 1. The van der Waals surface area contributed by atoms with E-state index in [1.54, 1.807) is 4.68 Å². The summed E-state index contributed by atoms with van der Waals surface area (Å²) in [5, 5.41) is 29.7. The van der Waals surface area contributed by atoms with Crippen molar-refractivity contribution in [2.45, 2.75) is 36.0 Å². The minimum Gasteiger partial charge on any atom is -0.477 e. The van der Waals surface area contributed by atoms with Crippen LogP contribution >= 0.6 is 34.9 Å². The minimum atomic E-state index is -1.24. The molecule has 17 nitrogen and oxygen atoms in total. The van der Waals surface area contributed by atoms with Gasteiger partial charge in [0.15, 0.2) is 16.8 Å². The third-order valence-corrected chi connectivity index (χ3v) is 8.70. The van der Waals surface area contributed by atoms with Crippen LogP contribution in [0.15, 0.2) is 32.0 Å². The van der Waals surface area contributed by atoms with Crippen LogP contribution in [0, 0.1) is 0 Å². The van der Waals surface area contributed by atoms with Crippen molar-refractivity contribution in [3.63, 3.8) is 0 Å². The number of carboxylic acids is 1. The summed E-state index contributed by atoms with van der Waals surface area (Å²) >= 11 is 3.73. The van der Waals surface area contributed by atoms with E-state index < -0.39 is 29.2 Å². The van der Waals surface area contributed by atoms with E-state index >= 15 is 0 Å². The zero-order valence-electron chi connectivity index (χ0n) is 21.1. The number of aromatic nitrogens is 5. The summed E-state index contributed by atoms with van der Waals surface area (Å²) in [5.41, 5.74) is 16.8. The zero-order valence-corrected chi connectivity index (χ0v) is 23.5. The summed E-state index contributed by atoms with van der Waals surface area (Å²) in [6.45, 7) is 1.02. The molecule has 0 unspecified atom stereocenters. The Bertz CT molecular complexity index is 1370. The second-order valence-corrected chi connectivity index (χ2v) is 11.2. The third-order valence-electron chi connectivity index (χ3n) is 5.65. The number of carbonyl (C=O) groups is 3. The highest BCUT2D eigenvalue weighted by atomic mass is 32.2. The number of hydrogen-bond donors (Lipinski definition) is 5. The number of amides is 2. The van der Waals surface area contributed by atoms with Crippen molar-refractivity contribution in [3.05, 3.63) is 22.3 Å². The lowest BCUT2D eigenvalue weighted by Crippen LogP contribution is -2.71. The van der Waals surface area contributed by atoms with Gasteiger partial charge in [0.2, 0.25) is 5.16 Å². The highest BCUT2D eigenvalue weighted by Crippen LogP contribution is 2.41. The van der Waals surface area contributed by atoms with Crippen molar-refractivity contribution < 1.29 is 24.3 Å². The van der Waals surface area contributed by atoms with E-state index in [1.807, 2.05) is 0 Å². The van der Waals surface area contributed by atoms with Crippen LogP contribution in [0.3, 0.4) is 0 Å². The van der Waals surface area contributed by atoms with Crippen molar-refractivity contribution in [3.8, 4) is 0 Å². The number of nitrogens with one attached hydrogen (secondary N) is 1. The first kappa shape index (κ1) is 29.1. The Morgan fingerprint density at radius 3 is 2.83 bits per heavy atom. The molecule has 0 bridgehead atoms. The maximum Gasteiger partial charge on any atom is 0.352 e. The van der Waals surface area contributed by atoms with E-state index in [2.05, 4.69) is 36.0 Å². The second-order valence-electron chi connectivity index (χ2n) is 8.30. The van der Waals surface area contributed by atoms with Gasteiger partial charge in [0.05, 0.1) is 0 Å². The Hall–Kier alpha value is -3.91. The predicted octanol–water partition coefficient (Wildman–Crippen LogP) is -1.35. The molecule has 2 atom stereocenters. The lowest BCUT2D eigenvalue weighted by atomic mass is 10.0. The van der Waals surface area contributed by atoms with Gasteiger partial charge in [0.25, 0.3) is 11.8 Å². The number of anilines is 1. The quantitative estimate of drug-likeness (QED) is 0.0439. The van der Waals surface area contributed by atoms with E-state index in [4.69, 9.17) is 22.0 Å². The molecule has 0 saturated carbocycles. The molecule has 0 aromatic carbocycles. The van der Waals surface area contributed by atoms with Gasteiger partial charge in [-0.05, 0) is 28.8 Å². The van der Waals surface area contributed by atoms with Crippen LogP contribution in [0.1, 0.15) is 18.5 Å². The fourth-order valence-corrected chi connectivity index (χ4v) is 6.81. The predicted molar refractivity (Wildman–Crippen MR) is 148 cm³/mol. The van der Waals surface area contributed by atoms with Crippen LogP contribution in [-0.2, 0) is 25.8 Å². The molecule has 2 aliphatic heterocycles. The molecule has 2 aromatic heterocycles. The highest BCUT2D eigenvalue weighted by molar-refractivity contribution is 8.01. The lowest BCUT2D eigenvalue weighted by molar-refractivity contribution is -0.150. The van der Waals surface area contributed by atoms with Crippen molar-refractivity contribution in [2.24, 2.45) is 21.6 Å². The largest absolute Gasteiger partial charge is 0.477 e. The van der Waals surface area contributed by atoms with Gasteiger partial charge in [-0.1, -0.05) is 16.9 Å². The van der Waals surface area contributed by atoms with Gasteiger partial charge >= 0.3 is 5.97 Å². The first-order valence-electron chi connectivity index (χ1n) is 11.7. The molecule has 4 heterocycles. The molecular formula is C20H26N12O5S3. The molecule has 2 aliphatic rings. The van der Waals surface area contributed by atoms with Crippen LogP contribution in [0.4, 0.5) is 5.13 Å². The summed E-state index contributed by atoms with van der Waals surface area (Å²) in [6.07, 6.45) is 1.47. The first-order valence-corrected chi connectivity index (χ1v) is 14.6. The molecule has 40 heavy (non-hydrogen) atoms. The number of β-lactam (4-membered cyclic amide) rings is 1. The average Bonchev–Trinajstić information content (AvgIpc) is 3.56. The summed E-state index contributed by atoms with van der Waals surface area (Å²) in [7, 11) is 1.27. The summed E-state index contributed by atoms with van der Waals surface area (Å²) in [6, 6.07) is -0.953. The van der Waals surface area contributed by atoms with E-state index in [0.717, 1.165) is 24.2 Å². The number of guanidine groups is 1. The normalized spacial score (nSPS) is 18.7. The average molecular weight is 611 g/mol. The SMILES string of the molecule is CON=C(C(=O)N[C@@H]1C(=O)N2C(C(=O)O)=C(CSc3nnnn3CCCCN=C(N)N)CS[C@@H]12)c1csc(N)n1. The molecule has 1 fully saturated rings. The Balaban J connectivity index is 1.40. The summed E-state index contributed by atoms with van der Waals surface area (Å²) in [5.74, 6) is -1.86. The van der Waals surface area contributed by atoms with E-state index in [9.17, 15) is 19.5 Å². The molecule has 2 amide bonds. The van der Waals surface area contributed by atoms with Gasteiger partial charge in [0.1, 0.15) is 29.9 Å². The van der Waals surface area contributed by atoms with Gasteiger partial charge in [-0.3, -0.25) is 19.5 Å². The van der Waals surface area contributed by atoms with Crippen LogP contribution in [0.25, 0.3) is 0 Å². The molecule has 4 rings (SSSR count). The number of carbonyl (C=O) groups excluding carboxylic acids is 2. The molecular weight excluding hydrogens is 585 g/mol. The number of carboxylic acid groups (broad SMARTS) is 1. The number of hydrogen-bond acceptors (Lipinski definition) is 14. The van der Waals surface area contributed by atoms with E-state index in [1.165, 1.54) is 40.9 Å². The van der Waals surface area contributed by atoms with Crippen LogP contribution in [0.5, 0.6) is 0 Å². The maximum absolute atomic E-state index is 13.0. The van der Waals surface area contributed by atoms with Gasteiger partial charge in [-0.25, -0.2) is 14.5 Å². The number of fused-ring (bicyclic) bond motifs is 1. The number of rotatable bonds is 13. The minimum absolute atomic E-state index is 0.0362. The smallest absolute Gasteiger partial charge is 0.352 e. The highest BCUT2D eigenvalue weighted by Gasteiger charge is 2.54. The van der Waals surface area contributed by atoms with Crippen molar-refractivity contribution in [1.82, 2.24) is 35.4 Å². The molecule has 214 valence electrons. The Morgan fingerprint density at radius 1 is 1.35 bits per heavy atom. The fourth-order valence-electron chi connectivity index (χ4n) is 3.87. The molecule has 8 N–H and O–H groups in total. The third kappa shape index (κ3) is 6.45. The van der Waals surface area contributed by atoms with Crippen molar-refractivity contribution >= 4 is 69.4 Å². The number of nitrogens with two attached hydrogens (primary N) is 3. The molecule has 0 aliphatic carbocycles. The number of aryl methyl sites for hydroxylation is 1. The number of nitrogens with zero attached hydrogens (tertiary/aromatic N) is 8. The Morgan fingerprint density at radius 2 is 2.15 bits per heavy atom. The molecule has 2 aromatic rings. The van der Waals surface area contributed by atoms with Crippen LogP contribution in [0.2, 0.25) is 0 Å². The van der Waals surface area contributed by atoms with Crippen LogP contribution in [-0.4, -0.2) is 101 Å². The zero-order chi connectivity index (χ0) is 28.8. The fraction of sp³-hybridized carbons (Fsp3) is 0.450. The summed E-state index contributed by atoms with van der Waals surface area (Å²) < 4.78 is 1.62. The number of nitrogen functional groups attached to an aromatic ring is 1. The molecule has 0 spiro atoms. The molecule has 0 radical (unpaired) electrons. The van der Waals surface area contributed by atoms with Crippen molar-refractivity contribution in [1.29, 1.82) is 0 Å². The number of oxime groups is 1. The number of thioether (sulfide) groups is 2. The molecule has 20 heteroatoms. The molecule has 1 saturated heterocycles. The van der Waals surface area contributed by atoms with E-state index in [0.29, 0.717) is 29.6 Å². The van der Waals surface area contributed by atoms with Crippen LogP contribution < -0.4 is 22.5 Å². The number of unbranched alkanes of at least 4 members (excludes halogenated alkanes) is 1. The topological polar surface area (TPSA) is 255 Å². The number of thiazole rings is 1. The second kappa shape index (κ2) is 13.0. The van der Waals surface area contributed by atoms with Gasteiger partial charge < -0.3 is 32.5 Å². The Kier molecular flexibility index (Phi) is 9.42. The Labute approximate surface area is 239 Å². The van der Waals surface area contributed by atoms with E-state index in [-0.39, 0.29) is 33.9 Å². The van der Waals surface area contributed by atoms with Gasteiger partial charge in [-0.2, -0.15) is 0 Å². The van der Waals surface area contributed by atoms with Gasteiger partial charge in [-0.15, -0.1) is 28.2 Å².